The van der Waals surface area contributed by atoms with Gasteiger partial charge in [-0.05, 0) is 11.1 Å². The zero-order valence-electron chi connectivity index (χ0n) is 11.0. The van der Waals surface area contributed by atoms with E-state index in [1.807, 2.05) is 0 Å². The summed E-state index contributed by atoms with van der Waals surface area (Å²) in [6.45, 7) is 4.86. The van der Waals surface area contributed by atoms with E-state index >= 15 is 0 Å². The van der Waals surface area contributed by atoms with Crippen molar-refractivity contribution in [1.29, 1.82) is 0 Å². The molecule has 1 aromatic carbocycles. The van der Waals surface area contributed by atoms with Crippen molar-refractivity contribution in [2.45, 2.75) is 19.3 Å². The monoisotopic (exact) mass is 250 g/mol. The van der Waals surface area contributed by atoms with Gasteiger partial charge in [-0.2, -0.15) is 0 Å². The van der Waals surface area contributed by atoms with Gasteiger partial charge in [0.2, 0.25) is 0 Å². The molecular formula is C14H22N2O2. The summed E-state index contributed by atoms with van der Waals surface area (Å²) in [6.07, 6.45) is 0.174. The van der Waals surface area contributed by atoms with E-state index in [1.54, 1.807) is 7.11 Å². The molecule has 2 N–H and O–H groups in total. The lowest BCUT2D eigenvalue weighted by Gasteiger charge is -2.32. The van der Waals surface area contributed by atoms with E-state index in [-0.39, 0.29) is 6.10 Å². The first-order chi connectivity index (χ1) is 8.83. The molecule has 0 spiro atoms. The largest absolute Gasteiger partial charge is 0.380 e. The lowest BCUT2D eigenvalue weighted by molar-refractivity contribution is -0.0262. The van der Waals surface area contributed by atoms with Gasteiger partial charge < -0.3 is 15.2 Å². The second kappa shape index (κ2) is 6.85. The Bertz CT molecular complexity index is 371. The average molecular weight is 250 g/mol. The van der Waals surface area contributed by atoms with Crippen LogP contribution in [0.25, 0.3) is 0 Å². The molecule has 4 nitrogen and oxygen atoms in total. The van der Waals surface area contributed by atoms with E-state index in [1.165, 1.54) is 11.1 Å². The molecule has 0 aliphatic carbocycles. The maximum atomic E-state index is 5.66. The van der Waals surface area contributed by atoms with E-state index in [9.17, 15) is 0 Å². The van der Waals surface area contributed by atoms with Crippen LogP contribution in [0.5, 0.6) is 0 Å². The van der Waals surface area contributed by atoms with Gasteiger partial charge >= 0.3 is 0 Å². The predicted molar refractivity (Wildman–Crippen MR) is 71.2 cm³/mol. The highest BCUT2D eigenvalue weighted by molar-refractivity contribution is 5.26. The molecule has 1 aromatic rings. The van der Waals surface area contributed by atoms with Gasteiger partial charge in [0.1, 0.15) is 0 Å². The number of methoxy groups -OCH3 is 1. The normalized spacial score (nSPS) is 21.1. The number of hydrogen-bond donors (Lipinski definition) is 1. The zero-order chi connectivity index (χ0) is 12.8. The van der Waals surface area contributed by atoms with Crippen LogP contribution in [0.15, 0.2) is 24.3 Å². The fraction of sp³-hybridized carbons (Fsp3) is 0.571. The second-order valence-corrected chi connectivity index (χ2v) is 4.67. The van der Waals surface area contributed by atoms with Crippen LogP contribution in [0.3, 0.4) is 0 Å². The SMILES string of the molecule is COCc1ccccc1CN1CCOC(CN)C1. The van der Waals surface area contributed by atoms with Crippen molar-refractivity contribution in [2.75, 3.05) is 33.4 Å². The van der Waals surface area contributed by atoms with Gasteiger partial charge in [0.15, 0.2) is 0 Å². The summed E-state index contributed by atoms with van der Waals surface area (Å²) in [6, 6.07) is 8.43. The molecular weight excluding hydrogens is 228 g/mol. The summed E-state index contributed by atoms with van der Waals surface area (Å²) in [5.41, 5.74) is 8.26. The molecule has 0 saturated carbocycles. The Labute approximate surface area is 109 Å². The van der Waals surface area contributed by atoms with Crippen molar-refractivity contribution >= 4 is 0 Å². The molecule has 1 heterocycles. The maximum absolute atomic E-state index is 5.66. The van der Waals surface area contributed by atoms with Gasteiger partial charge in [0.25, 0.3) is 0 Å². The minimum Gasteiger partial charge on any atom is -0.380 e. The summed E-state index contributed by atoms with van der Waals surface area (Å²) in [7, 11) is 1.73. The van der Waals surface area contributed by atoms with E-state index in [2.05, 4.69) is 29.2 Å². The molecule has 1 atom stereocenters. The Balaban J connectivity index is 1.99. The smallest absolute Gasteiger partial charge is 0.0824 e. The first kappa shape index (κ1) is 13.5. The average Bonchev–Trinajstić information content (AvgIpc) is 2.41. The highest BCUT2D eigenvalue weighted by atomic mass is 16.5. The molecule has 4 heteroatoms. The lowest BCUT2D eigenvalue weighted by Crippen LogP contribution is -2.45. The van der Waals surface area contributed by atoms with Crippen molar-refractivity contribution < 1.29 is 9.47 Å². The maximum Gasteiger partial charge on any atom is 0.0824 e. The van der Waals surface area contributed by atoms with Gasteiger partial charge in [-0.15, -0.1) is 0 Å². The highest BCUT2D eigenvalue weighted by Gasteiger charge is 2.19. The third-order valence-corrected chi connectivity index (χ3v) is 3.30. The van der Waals surface area contributed by atoms with Crippen LogP contribution in [-0.2, 0) is 22.6 Å². The summed E-state index contributed by atoms with van der Waals surface area (Å²) < 4.78 is 10.8. The number of rotatable bonds is 5. The number of nitrogens with two attached hydrogens (primary N) is 1. The Morgan fingerprint density at radius 3 is 2.89 bits per heavy atom. The van der Waals surface area contributed by atoms with Crippen LogP contribution in [0.2, 0.25) is 0 Å². The van der Waals surface area contributed by atoms with Crippen molar-refractivity contribution in [3.05, 3.63) is 35.4 Å². The number of hydrogen-bond acceptors (Lipinski definition) is 4. The third-order valence-electron chi connectivity index (χ3n) is 3.30. The van der Waals surface area contributed by atoms with Gasteiger partial charge in [-0.3, -0.25) is 4.90 Å². The van der Waals surface area contributed by atoms with Crippen molar-refractivity contribution in [2.24, 2.45) is 5.73 Å². The molecule has 1 aliphatic rings. The summed E-state index contributed by atoms with van der Waals surface area (Å²) in [4.78, 5) is 2.40. The molecule has 0 radical (unpaired) electrons. The Morgan fingerprint density at radius 1 is 1.39 bits per heavy atom. The number of nitrogens with zero attached hydrogens (tertiary/aromatic N) is 1. The standard InChI is InChI=1S/C14H22N2O2/c1-17-11-13-5-3-2-4-12(13)9-16-6-7-18-14(8-15)10-16/h2-5,14H,6-11,15H2,1H3. The quantitative estimate of drug-likeness (QED) is 0.846. The minimum absolute atomic E-state index is 0.174. The van der Waals surface area contributed by atoms with Gasteiger partial charge in [0, 0.05) is 33.3 Å². The van der Waals surface area contributed by atoms with Crippen molar-refractivity contribution in [3.8, 4) is 0 Å². The molecule has 1 fully saturated rings. The molecule has 0 amide bonds. The fourth-order valence-corrected chi connectivity index (χ4v) is 2.32. The topological polar surface area (TPSA) is 47.7 Å². The second-order valence-electron chi connectivity index (χ2n) is 4.67. The predicted octanol–water partition coefficient (Wildman–Crippen LogP) is 0.993. The molecule has 18 heavy (non-hydrogen) atoms. The first-order valence-electron chi connectivity index (χ1n) is 6.43. The van der Waals surface area contributed by atoms with E-state index in [0.717, 1.165) is 26.2 Å². The van der Waals surface area contributed by atoms with Crippen molar-refractivity contribution in [1.82, 2.24) is 4.90 Å². The molecule has 0 aromatic heterocycles. The van der Waals surface area contributed by atoms with Crippen molar-refractivity contribution in [3.63, 3.8) is 0 Å². The molecule has 100 valence electrons. The van der Waals surface area contributed by atoms with Crippen LogP contribution in [0, 0.1) is 0 Å². The van der Waals surface area contributed by atoms with Crippen LogP contribution in [0.1, 0.15) is 11.1 Å². The van der Waals surface area contributed by atoms with Crippen LogP contribution < -0.4 is 5.73 Å². The van der Waals surface area contributed by atoms with Gasteiger partial charge in [-0.25, -0.2) is 0 Å². The van der Waals surface area contributed by atoms with Crippen LogP contribution in [0.4, 0.5) is 0 Å². The minimum atomic E-state index is 0.174. The molecule has 1 aliphatic heterocycles. The Hall–Kier alpha value is -0.940. The molecule has 2 rings (SSSR count). The van der Waals surface area contributed by atoms with Gasteiger partial charge in [-0.1, -0.05) is 24.3 Å². The van der Waals surface area contributed by atoms with Crippen LogP contribution in [-0.4, -0.2) is 44.4 Å². The summed E-state index contributed by atoms with van der Waals surface area (Å²) in [5.74, 6) is 0. The van der Waals surface area contributed by atoms with E-state index in [4.69, 9.17) is 15.2 Å². The fourth-order valence-electron chi connectivity index (χ4n) is 2.32. The molecule has 1 unspecified atom stereocenters. The van der Waals surface area contributed by atoms with Crippen LogP contribution >= 0.6 is 0 Å². The highest BCUT2D eigenvalue weighted by Crippen LogP contribution is 2.15. The molecule has 1 saturated heterocycles. The number of benzene rings is 1. The first-order valence-corrected chi connectivity index (χ1v) is 6.43. The van der Waals surface area contributed by atoms with Gasteiger partial charge in [0.05, 0.1) is 19.3 Å². The number of morpholine rings is 1. The third kappa shape index (κ3) is 3.53. The zero-order valence-corrected chi connectivity index (χ0v) is 11.0. The number of ether oxygens (including phenoxy) is 2. The summed E-state index contributed by atoms with van der Waals surface area (Å²) in [5, 5.41) is 0. The van der Waals surface area contributed by atoms with E-state index in [0.29, 0.717) is 13.2 Å². The van der Waals surface area contributed by atoms with E-state index < -0.39 is 0 Å². The molecule has 0 bridgehead atoms. The Kier molecular flexibility index (Phi) is 5.13. The lowest BCUT2D eigenvalue weighted by atomic mass is 10.1. The summed E-state index contributed by atoms with van der Waals surface area (Å²) >= 11 is 0. The Morgan fingerprint density at radius 2 is 2.17 bits per heavy atom.